The number of aromatic nitrogens is 2. The van der Waals surface area contributed by atoms with Crippen molar-refractivity contribution in [1.29, 1.82) is 0 Å². The molecule has 0 aliphatic carbocycles. The highest BCUT2D eigenvalue weighted by Gasteiger charge is 2.13. The van der Waals surface area contributed by atoms with Gasteiger partial charge in [-0.25, -0.2) is 0 Å². The Hall–Kier alpha value is -3.09. The number of hydrogen-bond donors (Lipinski definition) is 2. The molecular formula is C21H18Cl2N4O2. The van der Waals surface area contributed by atoms with E-state index in [2.05, 4.69) is 22.3 Å². The van der Waals surface area contributed by atoms with Gasteiger partial charge in [0.2, 0.25) is 5.91 Å². The second-order valence-corrected chi connectivity index (χ2v) is 6.95. The van der Waals surface area contributed by atoms with Crippen LogP contribution in [0, 0.1) is 0 Å². The number of amides is 2. The molecule has 0 spiro atoms. The van der Waals surface area contributed by atoms with Gasteiger partial charge in [0.05, 0.1) is 6.54 Å². The second-order valence-electron chi connectivity index (χ2n) is 6.13. The molecule has 0 unspecified atom stereocenters. The van der Waals surface area contributed by atoms with Crippen molar-refractivity contribution in [3.63, 3.8) is 0 Å². The number of rotatable bonds is 7. The van der Waals surface area contributed by atoms with Gasteiger partial charge in [0.15, 0.2) is 5.82 Å². The van der Waals surface area contributed by atoms with E-state index >= 15 is 0 Å². The summed E-state index contributed by atoms with van der Waals surface area (Å²) in [5, 5.41) is 10.9. The van der Waals surface area contributed by atoms with Gasteiger partial charge in [-0.2, -0.15) is 5.10 Å². The molecule has 0 atom stereocenters. The molecular weight excluding hydrogens is 411 g/mol. The van der Waals surface area contributed by atoms with Crippen molar-refractivity contribution < 1.29 is 9.59 Å². The average Bonchev–Trinajstić information content (AvgIpc) is 3.16. The van der Waals surface area contributed by atoms with E-state index in [4.69, 9.17) is 23.2 Å². The van der Waals surface area contributed by atoms with Crippen LogP contribution in [0.4, 0.5) is 5.82 Å². The van der Waals surface area contributed by atoms with Crippen LogP contribution in [0.1, 0.15) is 21.5 Å². The van der Waals surface area contributed by atoms with Crippen LogP contribution < -0.4 is 10.6 Å². The van der Waals surface area contributed by atoms with Gasteiger partial charge in [0, 0.05) is 40.0 Å². The lowest BCUT2D eigenvalue weighted by Gasteiger charge is -2.10. The first-order chi connectivity index (χ1) is 14.0. The maximum absolute atomic E-state index is 12.7. The third-order valence-corrected chi connectivity index (χ3v) is 4.87. The summed E-state index contributed by atoms with van der Waals surface area (Å²) in [6.45, 7) is 4.00. The molecule has 2 amide bonds. The fourth-order valence-electron chi connectivity index (χ4n) is 2.70. The second kappa shape index (κ2) is 9.41. The van der Waals surface area contributed by atoms with Crippen molar-refractivity contribution in [2.24, 2.45) is 0 Å². The predicted molar refractivity (Wildman–Crippen MR) is 114 cm³/mol. The molecule has 2 N–H and O–H groups in total. The van der Waals surface area contributed by atoms with E-state index in [9.17, 15) is 9.59 Å². The monoisotopic (exact) mass is 428 g/mol. The normalized spacial score (nSPS) is 10.4. The van der Waals surface area contributed by atoms with E-state index in [0.717, 1.165) is 5.56 Å². The molecule has 2 aromatic carbocycles. The molecule has 0 radical (unpaired) electrons. The Labute approximate surface area is 178 Å². The van der Waals surface area contributed by atoms with E-state index in [-0.39, 0.29) is 18.4 Å². The van der Waals surface area contributed by atoms with Gasteiger partial charge in [0.25, 0.3) is 5.91 Å². The quantitative estimate of drug-likeness (QED) is 0.550. The van der Waals surface area contributed by atoms with Crippen LogP contribution >= 0.6 is 23.2 Å². The Kier molecular flexibility index (Phi) is 6.69. The molecule has 3 rings (SSSR count). The Bertz CT molecular complexity index is 1040. The smallest absolute Gasteiger partial charge is 0.257 e. The zero-order chi connectivity index (χ0) is 20.8. The fraction of sp³-hybridized carbons (Fsp3) is 0.0952. The molecule has 3 aromatic rings. The molecule has 148 valence electrons. The van der Waals surface area contributed by atoms with E-state index < -0.39 is 0 Å². The number of anilines is 1. The Morgan fingerprint density at radius 3 is 2.52 bits per heavy atom. The van der Waals surface area contributed by atoms with Gasteiger partial charge in [-0.05, 0) is 29.8 Å². The summed E-state index contributed by atoms with van der Waals surface area (Å²) in [5.41, 5.74) is 1.88. The molecule has 8 heteroatoms. The first kappa shape index (κ1) is 20.6. The lowest BCUT2D eigenvalue weighted by atomic mass is 10.1. The van der Waals surface area contributed by atoms with Crippen molar-refractivity contribution in [3.8, 4) is 0 Å². The number of benzene rings is 2. The predicted octanol–water partition coefficient (Wildman–Crippen LogP) is 4.29. The van der Waals surface area contributed by atoms with Crippen molar-refractivity contribution in [2.45, 2.75) is 13.1 Å². The average molecular weight is 429 g/mol. The van der Waals surface area contributed by atoms with Gasteiger partial charge in [-0.3, -0.25) is 14.3 Å². The van der Waals surface area contributed by atoms with E-state index in [1.807, 2.05) is 0 Å². The van der Waals surface area contributed by atoms with Crippen LogP contribution in [-0.2, 0) is 17.9 Å². The van der Waals surface area contributed by atoms with Crippen LogP contribution in [0.3, 0.4) is 0 Å². The molecule has 1 aromatic heterocycles. The molecule has 0 aliphatic heterocycles. The molecule has 0 aliphatic rings. The molecule has 0 saturated carbocycles. The summed E-state index contributed by atoms with van der Waals surface area (Å²) in [6.07, 6.45) is 2.91. The maximum Gasteiger partial charge on any atom is 0.257 e. The highest BCUT2D eigenvalue weighted by molar-refractivity contribution is 6.35. The Morgan fingerprint density at radius 2 is 1.79 bits per heavy atom. The van der Waals surface area contributed by atoms with Crippen molar-refractivity contribution in [1.82, 2.24) is 15.1 Å². The fourth-order valence-corrected chi connectivity index (χ4v) is 3.21. The number of hydrogen-bond acceptors (Lipinski definition) is 3. The summed E-state index contributed by atoms with van der Waals surface area (Å²) < 4.78 is 1.64. The lowest BCUT2D eigenvalue weighted by molar-refractivity contribution is -0.116. The van der Waals surface area contributed by atoms with Crippen LogP contribution in [0.25, 0.3) is 0 Å². The Balaban J connectivity index is 1.71. The SMILES string of the molecule is C=CC(=O)NCc1ccccc1C(=O)Nc1ccn(Cc2c(Cl)cccc2Cl)n1. The van der Waals surface area contributed by atoms with E-state index in [1.165, 1.54) is 6.08 Å². The topological polar surface area (TPSA) is 76.0 Å². The standard InChI is InChI=1S/C21H18Cl2N4O2/c1-2-20(28)24-12-14-6-3-4-7-15(14)21(29)25-19-10-11-27(26-19)13-16-17(22)8-5-9-18(16)23/h2-11H,1,12-13H2,(H,24,28)(H,25,26,29). The van der Waals surface area contributed by atoms with E-state index in [0.29, 0.717) is 33.5 Å². The van der Waals surface area contributed by atoms with Gasteiger partial charge >= 0.3 is 0 Å². The number of carbonyl (C=O) groups excluding carboxylic acids is 2. The highest BCUT2D eigenvalue weighted by atomic mass is 35.5. The number of carbonyl (C=O) groups is 2. The molecule has 6 nitrogen and oxygen atoms in total. The summed E-state index contributed by atoms with van der Waals surface area (Å²) in [7, 11) is 0. The van der Waals surface area contributed by atoms with Crippen molar-refractivity contribution >= 4 is 40.8 Å². The summed E-state index contributed by atoms with van der Waals surface area (Å²) in [6, 6.07) is 14.0. The first-order valence-corrected chi connectivity index (χ1v) is 9.49. The van der Waals surface area contributed by atoms with Crippen LogP contribution in [0.15, 0.2) is 67.4 Å². The van der Waals surface area contributed by atoms with Gasteiger partial charge in [-0.1, -0.05) is 54.0 Å². The number of halogens is 2. The summed E-state index contributed by atoms with van der Waals surface area (Å²) in [5.74, 6) is -0.241. The third-order valence-electron chi connectivity index (χ3n) is 4.16. The largest absolute Gasteiger partial charge is 0.348 e. The molecule has 1 heterocycles. The van der Waals surface area contributed by atoms with E-state index in [1.54, 1.807) is 59.4 Å². The first-order valence-electron chi connectivity index (χ1n) is 8.74. The zero-order valence-electron chi connectivity index (χ0n) is 15.4. The number of nitrogens with one attached hydrogen (secondary N) is 2. The maximum atomic E-state index is 12.7. The van der Waals surface area contributed by atoms with Crippen molar-refractivity contribution in [2.75, 3.05) is 5.32 Å². The lowest BCUT2D eigenvalue weighted by Crippen LogP contribution is -2.23. The minimum absolute atomic E-state index is 0.216. The Morgan fingerprint density at radius 1 is 1.07 bits per heavy atom. The third kappa shape index (κ3) is 5.25. The molecule has 0 fully saturated rings. The minimum Gasteiger partial charge on any atom is -0.348 e. The highest BCUT2D eigenvalue weighted by Crippen LogP contribution is 2.25. The minimum atomic E-state index is -0.325. The van der Waals surface area contributed by atoms with Crippen LogP contribution in [-0.4, -0.2) is 21.6 Å². The summed E-state index contributed by atoms with van der Waals surface area (Å²) >= 11 is 12.4. The zero-order valence-corrected chi connectivity index (χ0v) is 16.9. The van der Waals surface area contributed by atoms with Crippen molar-refractivity contribution in [3.05, 3.63) is 94.1 Å². The van der Waals surface area contributed by atoms with Crippen LogP contribution in [0.5, 0.6) is 0 Å². The van der Waals surface area contributed by atoms with Gasteiger partial charge in [0.1, 0.15) is 0 Å². The number of nitrogens with zero attached hydrogens (tertiary/aromatic N) is 2. The van der Waals surface area contributed by atoms with Crippen LogP contribution in [0.2, 0.25) is 10.0 Å². The van der Waals surface area contributed by atoms with Gasteiger partial charge < -0.3 is 10.6 Å². The molecule has 0 saturated heterocycles. The molecule has 0 bridgehead atoms. The summed E-state index contributed by atoms with van der Waals surface area (Å²) in [4.78, 5) is 24.1. The molecule has 29 heavy (non-hydrogen) atoms. The van der Waals surface area contributed by atoms with Gasteiger partial charge in [-0.15, -0.1) is 0 Å².